The fourth-order valence-electron chi connectivity index (χ4n) is 8.54. The summed E-state index contributed by atoms with van der Waals surface area (Å²) in [6.45, 7) is 0.555. The zero-order valence-corrected chi connectivity index (χ0v) is 29.6. The number of hydrogen-bond acceptors (Lipinski definition) is 11. The molecule has 4 aliphatic rings. The number of rotatable bonds is 13. The molecule has 1 saturated heterocycles. The first-order valence-electron chi connectivity index (χ1n) is 17.8. The van der Waals surface area contributed by atoms with Gasteiger partial charge < -0.3 is 39.8 Å². The molecule has 13 nitrogen and oxygen atoms in total. The van der Waals surface area contributed by atoms with Gasteiger partial charge in [0.2, 0.25) is 0 Å². The number of piperidine rings is 1. The number of amides is 2. The topological polar surface area (TPSA) is 173 Å². The summed E-state index contributed by atoms with van der Waals surface area (Å²) in [4.78, 5) is 54.4. The van der Waals surface area contributed by atoms with Gasteiger partial charge in [-0.05, 0) is 55.3 Å². The number of ether oxygens (including phenoxy) is 4. The van der Waals surface area contributed by atoms with Crippen LogP contribution in [0.25, 0.3) is 0 Å². The lowest BCUT2D eigenvalue weighted by molar-refractivity contribution is -0.206. The maximum Gasteiger partial charge on any atom is 0.312 e. The Kier molecular flexibility index (Phi) is 9.99. The molecule has 3 aromatic carbocycles. The Hall–Kier alpha value is -5.24. The molecule has 0 unspecified atom stereocenters. The van der Waals surface area contributed by atoms with Crippen LogP contribution in [0.4, 0.5) is 0 Å². The smallest absolute Gasteiger partial charge is 0.312 e. The first kappa shape index (κ1) is 36.1. The quantitative estimate of drug-likeness (QED) is 0.191. The zero-order valence-electron chi connectivity index (χ0n) is 29.6. The lowest BCUT2D eigenvalue weighted by Crippen LogP contribution is -2.75. The number of hydrogen-bond donors (Lipinski definition) is 4. The van der Waals surface area contributed by atoms with E-state index in [9.17, 15) is 29.4 Å². The molecule has 53 heavy (non-hydrogen) atoms. The minimum absolute atomic E-state index is 0.0433. The van der Waals surface area contributed by atoms with Gasteiger partial charge >= 0.3 is 11.9 Å². The molecular weight excluding hydrogens is 682 g/mol. The largest absolute Gasteiger partial charge is 0.493 e. The normalized spacial score (nSPS) is 24.7. The van der Waals surface area contributed by atoms with E-state index < -0.39 is 53.1 Å². The summed E-state index contributed by atoms with van der Waals surface area (Å²) in [5, 5.41) is 26.1. The van der Waals surface area contributed by atoms with Crippen LogP contribution in [0.5, 0.6) is 11.5 Å². The third kappa shape index (κ3) is 6.32. The van der Waals surface area contributed by atoms with Crippen molar-refractivity contribution in [3.8, 4) is 11.5 Å². The van der Waals surface area contributed by atoms with Gasteiger partial charge in [-0.3, -0.25) is 24.1 Å². The Morgan fingerprint density at radius 3 is 2.09 bits per heavy atom. The van der Waals surface area contributed by atoms with Crippen LogP contribution in [0.1, 0.15) is 60.1 Å². The van der Waals surface area contributed by atoms with Gasteiger partial charge in [-0.25, -0.2) is 0 Å². The number of nitrogens with one attached hydrogen (secondary N) is 2. The minimum atomic E-state index is -1.38. The van der Waals surface area contributed by atoms with Gasteiger partial charge in [0.05, 0.1) is 31.4 Å². The van der Waals surface area contributed by atoms with E-state index in [0.29, 0.717) is 42.0 Å². The fraction of sp³-hybridized carbons (Fsp3) is 0.400. The maximum absolute atomic E-state index is 13.8. The van der Waals surface area contributed by atoms with Crippen molar-refractivity contribution in [3.63, 3.8) is 0 Å². The second-order valence-corrected chi connectivity index (χ2v) is 13.9. The van der Waals surface area contributed by atoms with E-state index in [1.54, 1.807) is 73.8 Å². The summed E-state index contributed by atoms with van der Waals surface area (Å²) >= 11 is 0. The molecule has 2 aliphatic heterocycles. The molecule has 2 bridgehead atoms. The summed E-state index contributed by atoms with van der Waals surface area (Å²) in [5.41, 5.74) is 0.743. The van der Waals surface area contributed by atoms with E-state index in [1.165, 1.54) is 0 Å². The van der Waals surface area contributed by atoms with E-state index in [-0.39, 0.29) is 44.2 Å². The number of methoxy groups -OCH3 is 1. The van der Waals surface area contributed by atoms with Gasteiger partial charge in [-0.15, -0.1) is 0 Å². The van der Waals surface area contributed by atoms with Gasteiger partial charge in [0, 0.05) is 25.1 Å². The molecule has 0 saturated carbocycles. The van der Waals surface area contributed by atoms with Crippen molar-refractivity contribution in [1.82, 2.24) is 15.5 Å². The molecule has 1 spiro atoms. The monoisotopic (exact) mass is 725 g/mol. The van der Waals surface area contributed by atoms with Gasteiger partial charge in [-0.1, -0.05) is 66.7 Å². The van der Waals surface area contributed by atoms with Crippen molar-refractivity contribution in [2.45, 2.75) is 67.5 Å². The first-order chi connectivity index (χ1) is 25.6. The van der Waals surface area contributed by atoms with Crippen LogP contribution in [0.2, 0.25) is 0 Å². The molecule has 0 radical (unpaired) electrons. The third-order valence-corrected chi connectivity index (χ3v) is 11.0. The van der Waals surface area contributed by atoms with Crippen LogP contribution in [0.15, 0.2) is 84.6 Å². The van der Waals surface area contributed by atoms with Crippen LogP contribution in [0, 0.1) is 0 Å². The second kappa shape index (κ2) is 14.6. The van der Waals surface area contributed by atoms with Crippen molar-refractivity contribution in [2.24, 2.45) is 0 Å². The van der Waals surface area contributed by atoms with Crippen LogP contribution in [-0.4, -0.2) is 90.4 Å². The number of nitrogens with zero attached hydrogens (tertiary/aromatic N) is 1. The maximum atomic E-state index is 13.8. The Morgan fingerprint density at radius 1 is 0.887 bits per heavy atom. The predicted octanol–water partition coefficient (Wildman–Crippen LogP) is 2.55. The number of likely N-dealkylation sites (N-methyl/N-ethyl adjacent to an activating group) is 1. The molecule has 2 aliphatic carbocycles. The second-order valence-electron chi connectivity index (χ2n) is 13.9. The molecular formula is C40H43N3O10. The molecule has 2 heterocycles. The molecule has 13 heteroatoms. The van der Waals surface area contributed by atoms with Crippen LogP contribution >= 0.6 is 0 Å². The minimum Gasteiger partial charge on any atom is -0.493 e. The summed E-state index contributed by atoms with van der Waals surface area (Å²) in [5.74, 6) is -1.07. The highest BCUT2D eigenvalue weighted by molar-refractivity contribution is 5.83. The zero-order chi connectivity index (χ0) is 37.3. The number of aliphatic hydroxyl groups excluding tert-OH is 2. The van der Waals surface area contributed by atoms with Crippen molar-refractivity contribution >= 4 is 23.8 Å². The van der Waals surface area contributed by atoms with Crippen molar-refractivity contribution in [1.29, 1.82) is 0 Å². The number of esters is 2. The first-order valence-corrected chi connectivity index (χ1v) is 17.8. The summed E-state index contributed by atoms with van der Waals surface area (Å²) in [6, 6.07) is 20.6. The average molecular weight is 726 g/mol. The highest BCUT2D eigenvalue weighted by atomic mass is 16.6. The molecule has 1 fully saturated rings. The van der Waals surface area contributed by atoms with Crippen LogP contribution < -0.4 is 20.1 Å². The average Bonchev–Trinajstić information content (AvgIpc) is 3.53. The Labute approximate surface area is 306 Å². The van der Waals surface area contributed by atoms with Crippen molar-refractivity contribution in [2.75, 3.05) is 33.8 Å². The number of likely N-dealkylation sites (tertiary alicyclic amines) is 1. The summed E-state index contributed by atoms with van der Waals surface area (Å²) in [7, 11) is 3.55. The number of carbonyl (C=O) groups excluding carboxylic acids is 4. The Balaban J connectivity index is 1.10. The SMILES string of the molecule is COc1ccc2c3c1O[C@H]1C(OC(=O)CCNC(=O)[C@@H](O)c4ccccc4)=CC[C@@]4(OC(=O)CCNC(=O)[C@@H](O)c5ccccc5)[C@@H](C2)N(C)CC[C@]314. The van der Waals surface area contributed by atoms with Gasteiger partial charge in [0.15, 0.2) is 29.8 Å². The molecule has 278 valence electrons. The molecule has 7 rings (SSSR count). The highest BCUT2D eigenvalue weighted by Crippen LogP contribution is 2.66. The summed E-state index contributed by atoms with van der Waals surface area (Å²) < 4.78 is 25.0. The Bertz CT molecular complexity index is 1920. The third-order valence-electron chi connectivity index (χ3n) is 11.0. The highest BCUT2D eigenvalue weighted by Gasteiger charge is 2.74. The van der Waals surface area contributed by atoms with Gasteiger partial charge in [-0.2, -0.15) is 0 Å². The molecule has 2 amide bonds. The van der Waals surface area contributed by atoms with E-state index >= 15 is 0 Å². The van der Waals surface area contributed by atoms with E-state index in [1.807, 2.05) is 19.2 Å². The number of aliphatic hydroxyl groups is 2. The lowest BCUT2D eigenvalue weighted by Gasteiger charge is -2.62. The lowest BCUT2D eigenvalue weighted by atomic mass is 9.50. The van der Waals surface area contributed by atoms with Gasteiger partial charge in [0.25, 0.3) is 11.8 Å². The van der Waals surface area contributed by atoms with E-state index in [4.69, 9.17) is 18.9 Å². The number of carbonyl (C=O) groups is 4. The predicted molar refractivity (Wildman–Crippen MR) is 189 cm³/mol. The summed E-state index contributed by atoms with van der Waals surface area (Å²) in [6.07, 6.45) is -0.810. The number of benzene rings is 3. The van der Waals surface area contributed by atoms with Gasteiger partial charge in [0.1, 0.15) is 11.4 Å². The molecule has 4 N–H and O–H groups in total. The fourth-order valence-corrected chi connectivity index (χ4v) is 8.54. The molecule has 6 atom stereocenters. The Morgan fingerprint density at radius 2 is 1.49 bits per heavy atom. The van der Waals surface area contributed by atoms with E-state index in [0.717, 1.165) is 11.1 Å². The van der Waals surface area contributed by atoms with Crippen molar-refractivity contribution in [3.05, 3.63) is 107 Å². The van der Waals surface area contributed by atoms with E-state index in [2.05, 4.69) is 15.5 Å². The molecule has 0 aromatic heterocycles. The standard InChI is InChI=1S/C40H43N3O10/c1-43-22-19-39-32-26-13-14-27(50-2)35(32)52-36(39)28(51-30(44)16-20-41-37(48)33(46)24-9-5-3-6-10-24)15-18-40(39,29(43)23-26)53-31(45)17-21-42-38(49)34(47)25-11-7-4-8-12-25/h3-15,29,33-34,36,46-47H,16-23H2,1-2H3,(H,41,48)(H,42,49)/t29-,33+,34+,36+,39+,40-/m1/s1. The van der Waals surface area contributed by atoms with Crippen LogP contribution in [0.3, 0.4) is 0 Å². The van der Waals surface area contributed by atoms with Crippen LogP contribution in [-0.2, 0) is 40.5 Å². The van der Waals surface area contributed by atoms with Crippen molar-refractivity contribution < 1.29 is 48.3 Å². The molecule has 3 aromatic rings.